The van der Waals surface area contributed by atoms with E-state index in [1.807, 2.05) is 27.8 Å². The highest BCUT2D eigenvalue weighted by atomic mass is 16.2. The zero-order valence-corrected chi connectivity index (χ0v) is 11.7. The van der Waals surface area contributed by atoms with Crippen LogP contribution in [0.3, 0.4) is 0 Å². The van der Waals surface area contributed by atoms with Crippen molar-refractivity contribution in [3.05, 3.63) is 17.0 Å². The summed E-state index contributed by atoms with van der Waals surface area (Å²) in [5.74, 6) is -0.227. The van der Waals surface area contributed by atoms with E-state index in [9.17, 15) is 4.79 Å². The Hall–Kier alpha value is -1.83. The molecule has 0 spiro atoms. The van der Waals surface area contributed by atoms with E-state index in [1.54, 1.807) is 11.6 Å². The van der Waals surface area contributed by atoms with Crippen molar-refractivity contribution in [2.75, 3.05) is 0 Å². The van der Waals surface area contributed by atoms with Gasteiger partial charge in [0.2, 0.25) is 5.91 Å². The third kappa shape index (κ3) is 2.53. The van der Waals surface area contributed by atoms with E-state index in [2.05, 4.69) is 16.5 Å². The third-order valence-electron chi connectivity index (χ3n) is 3.54. The fourth-order valence-corrected chi connectivity index (χ4v) is 1.73. The Kier molecular flexibility index (Phi) is 4.12. The van der Waals surface area contributed by atoms with Gasteiger partial charge in [-0.25, -0.2) is 0 Å². The number of aromatic nitrogens is 2. The first-order chi connectivity index (χ1) is 8.35. The maximum absolute atomic E-state index is 12.0. The minimum absolute atomic E-state index is 0.227. The lowest BCUT2D eigenvalue weighted by Crippen LogP contribution is -2.37. The van der Waals surface area contributed by atoms with E-state index in [4.69, 9.17) is 5.26 Å². The van der Waals surface area contributed by atoms with Gasteiger partial charge in [0.1, 0.15) is 5.41 Å². The molecule has 1 aromatic heterocycles. The van der Waals surface area contributed by atoms with Gasteiger partial charge >= 0.3 is 0 Å². The van der Waals surface area contributed by atoms with Crippen molar-refractivity contribution in [1.82, 2.24) is 15.1 Å². The number of nitrogens with zero attached hydrogens (tertiary/aromatic N) is 3. The Morgan fingerprint density at radius 2 is 2.17 bits per heavy atom. The molecule has 0 aliphatic heterocycles. The Balaban J connectivity index is 2.78. The summed E-state index contributed by atoms with van der Waals surface area (Å²) < 4.78 is 1.79. The Labute approximate surface area is 108 Å². The Bertz CT molecular complexity index is 498. The average Bonchev–Trinajstić information content (AvgIpc) is 2.60. The fourth-order valence-electron chi connectivity index (χ4n) is 1.73. The van der Waals surface area contributed by atoms with Crippen LogP contribution in [0.2, 0.25) is 0 Å². The molecule has 98 valence electrons. The monoisotopic (exact) mass is 248 g/mol. The van der Waals surface area contributed by atoms with Gasteiger partial charge in [-0.15, -0.1) is 0 Å². The summed E-state index contributed by atoms with van der Waals surface area (Å²) in [6.45, 7) is 7.79. The van der Waals surface area contributed by atoms with Gasteiger partial charge in [0.15, 0.2) is 0 Å². The molecule has 1 heterocycles. The molecule has 5 heteroatoms. The van der Waals surface area contributed by atoms with E-state index in [-0.39, 0.29) is 5.91 Å². The SMILES string of the molecule is CCC(C)(C#N)C(=O)NCc1c(C)nn(C)c1C. The molecule has 0 bridgehead atoms. The minimum atomic E-state index is -0.954. The molecule has 1 amide bonds. The first-order valence-electron chi connectivity index (χ1n) is 6.04. The molecule has 0 aliphatic carbocycles. The highest BCUT2D eigenvalue weighted by molar-refractivity contribution is 5.84. The number of nitrogens with one attached hydrogen (secondary N) is 1. The number of nitriles is 1. The highest BCUT2D eigenvalue weighted by Crippen LogP contribution is 2.20. The van der Waals surface area contributed by atoms with Gasteiger partial charge in [-0.3, -0.25) is 9.48 Å². The van der Waals surface area contributed by atoms with Crippen LogP contribution in [0.4, 0.5) is 0 Å². The van der Waals surface area contributed by atoms with E-state index in [0.29, 0.717) is 13.0 Å². The molecule has 1 aromatic rings. The Morgan fingerprint density at radius 1 is 1.56 bits per heavy atom. The molecule has 0 radical (unpaired) electrons. The summed E-state index contributed by atoms with van der Waals surface area (Å²) in [6, 6.07) is 2.07. The minimum Gasteiger partial charge on any atom is -0.351 e. The molecule has 0 saturated carbocycles. The molecule has 0 aromatic carbocycles. The summed E-state index contributed by atoms with van der Waals surface area (Å²) in [6.07, 6.45) is 0.500. The van der Waals surface area contributed by atoms with Crippen molar-refractivity contribution in [2.45, 2.75) is 40.7 Å². The van der Waals surface area contributed by atoms with Gasteiger partial charge in [-0.05, 0) is 27.2 Å². The van der Waals surface area contributed by atoms with E-state index >= 15 is 0 Å². The van der Waals surface area contributed by atoms with Crippen molar-refractivity contribution in [3.8, 4) is 6.07 Å². The Morgan fingerprint density at radius 3 is 2.56 bits per heavy atom. The molecule has 5 nitrogen and oxygen atoms in total. The van der Waals surface area contributed by atoms with Crippen LogP contribution >= 0.6 is 0 Å². The zero-order valence-electron chi connectivity index (χ0n) is 11.7. The second-order valence-corrected chi connectivity index (χ2v) is 4.75. The normalized spacial score (nSPS) is 13.8. The van der Waals surface area contributed by atoms with Crippen LogP contribution in [0, 0.1) is 30.6 Å². The van der Waals surface area contributed by atoms with Crippen molar-refractivity contribution in [1.29, 1.82) is 5.26 Å². The predicted octanol–water partition coefficient (Wildman–Crippen LogP) is 1.59. The van der Waals surface area contributed by atoms with Crippen LogP contribution < -0.4 is 5.32 Å². The van der Waals surface area contributed by atoms with Crippen molar-refractivity contribution in [2.24, 2.45) is 12.5 Å². The first-order valence-corrected chi connectivity index (χ1v) is 6.04. The number of aryl methyl sites for hydroxylation is 2. The lowest BCUT2D eigenvalue weighted by atomic mass is 9.88. The highest BCUT2D eigenvalue weighted by Gasteiger charge is 2.31. The van der Waals surface area contributed by atoms with Gasteiger partial charge < -0.3 is 5.32 Å². The van der Waals surface area contributed by atoms with Crippen molar-refractivity contribution < 1.29 is 4.79 Å². The summed E-state index contributed by atoms with van der Waals surface area (Å²) in [4.78, 5) is 12.0. The fraction of sp³-hybridized carbons (Fsp3) is 0.615. The number of hydrogen-bond donors (Lipinski definition) is 1. The lowest BCUT2D eigenvalue weighted by Gasteiger charge is -2.18. The zero-order chi connectivity index (χ0) is 13.9. The van der Waals surface area contributed by atoms with Gasteiger partial charge in [0, 0.05) is 24.8 Å². The van der Waals surface area contributed by atoms with Gasteiger partial charge in [0.05, 0.1) is 11.8 Å². The summed E-state index contributed by atoms with van der Waals surface area (Å²) in [7, 11) is 1.87. The molecule has 1 unspecified atom stereocenters. The van der Waals surface area contributed by atoms with Crippen LogP contribution in [0.25, 0.3) is 0 Å². The standard InChI is InChI=1S/C13H20N4O/c1-6-13(4,8-14)12(18)15-7-11-9(2)16-17(5)10(11)3/h6-7H2,1-5H3,(H,15,18). The topological polar surface area (TPSA) is 70.7 Å². The van der Waals surface area contributed by atoms with E-state index in [0.717, 1.165) is 17.0 Å². The number of hydrogen-bond acceptors (Lipinski definition) is 3. The number of carbonyl (C=O) groups is 1. The van der Waals surface area contributed by atoms with Crippen LogP contribution in [0.15, 0.2) is 0 Å². The van der Waals surface area contributed by atoms with Crippen molar-refractivity contribution >= 4 is 5.91 Å². The number of rotatable bonds is 4. The maximum Gasteiger partial charge on any atom is 0.240 e. The first kappa shape index (κ1) is 14.2. The molecule has 1 N–H and O–H groups in total. The van der Waals surface area contributed by atoms with Gasteiger partial charge in [-0.2, -0.15) is 10.4 Å². The summed E-state index contributed by atoms with van der Waals surface area (Å²) >= 11 is 0. The molecule has 0 aliphatic rings. The van der Waals surface area contributed by atoms with Gasteiger partial charge in [0.25, 0.3) is 0 Å². The van der Waals surface area contributed by atoms with E-state index in [1.165, 1.54) is 0 Å². The summed E-state index contributed by atoms with van der Waals surface area (Å²) in [5, 5.41) is 16.2. The quantitative estimate of drug-likeness (QED) is 0.879. The van der Waals surface area contributed by atoms with Gasteiger partial charge in [-0.1, -0.05) is 6.92 Å². The molecule has 0 saturated heterocycles. The van der Waals surface area contributed by atoms with E-state index < -0.39 is 5.41 Å². The second kappa shape index (κ2) is 5.21. The second-order valence-electron chi connectivity index (χ2n) is 4.75. The number of carbonyl (C=O) groups excluding carboxylic acids is 1. The predicted molar refractivity (Wildman–Crippen MR) is 68.5 cm³/mol. The molecular weight excluding hydrogens is 228 g/mol. The molecule has 1 atom stereocenters. The van der Waals surface area contributed by atoms with Crippen LogP contribution in [-0.4, -0.2) is 15.7 Å². The summed E-state index contributed by atoms with van der Waals surface area (Å²) in [5.41, 5.74) is 2.00. The van der Waals surface area contributed by atoms with Crippen LogP contribution in [0.1, 0.15) is 37.2 Å². The molecular formula is C13H20N4O. The lowest BCUT2D eigenvalue weighted by molar-refractivity contribution is -0.127. The smallest absolute Gasteiger partial charge is 0.240 e. The molecule has 18 heavy (non-hydrogen) atoms. The largest absolute Gasteiger partial charge is 0.351 e. The van der Waals surface area contributed by atoms with Crippen LogP contribution in [0.5, 0.6) is 0 Å². The average molecular weight is 248 g/mol. The number of amides is 1. The van der Waals surface area contributed by atoms with Crippen molar-refractivity contribution in [3.63, 3.8) is 0 Å². The molecule has 0 fully saturated rings. The maximum atomic E-state index is 12.0. The molecule has 1 rings (SSSR count). The third-order valence-corrected chi connectivity index (χ3v) is 3.54. The van der Waals surface area contributed by atoms with Crippen LogP contribution in [-0.2, 0) is 18.4 Å².